The number of halogens is 1. The van der Waals surface area contributed by atoms with Crippen LogP contribution in [0.15, 0.2) is 42.5 Å². The zero-order valence-electron chi connectivity index (χ0n) is 11.4. The molecule has 0 unspecified atom stereocenters. The summed E-state index contributed by atoms with van der Waals surface area (Å²) in [6.07, 6.45) is 0.963. The molecule has 2 aromatic carbocycles. The lowest BCUT2D eigenvalue weighted by Crippen LogP contribution is -2.01. The number of phenolic OH excluding ortho intramolecular Hbond substituents is 1. The molecule has 0 bridgehead atoms. The second kappa shape index (κ2) is 6.80. The van der Waals surface area contributed by atoms with Crippen molar-refractivity contribution in [2.75, 3.05) is 11.9 Å². The molecule has 20 heavy (non-hydrogen) atoms. The third kappa shape index (κ3) is 3.88. The largest absolute Gasteiger partial charge is 0.505 e. The first-order valence-corrected chi connectivity index (χ1v) is 6.63. The van der Waals surface area contributed by atoms with Crippen molar-refractivity contribution in [3.05, 3.63) is 53.8 Å². The minimum absolute atomic E-state index is 0.330. The fourth-order valence-corrected chi connectivity index (χ4v) is 1.78. The normalized spacial score (nSPS) is 10.3. The first-order valence-electron chi connectivity index (χ1n) is 6.63. The van der Waals surface area contributed by atoms with Crippen molar-refractivity contribution < 1.29 is 14.2 Å². The summed E-state index contributed by atoms with van der Waals surface area (Å²) >= 11 is 0. The molecule has 0 aliphatic rings. The van der Waals surface area contributed by atoms with Gasteiger partial charge in [0.25, 0.3) is 0 Å². The van der Waals surface area contributed by atoms with E-state index in [1.165, 1.54) is 12.1 Å². The van der Waals surface area contributed by atoms with Crippen LogP contribution in [0.2, 0.25) is 0 Å². The van der Waals surface area contributed by atoms with Crippen LogP contribution in [0, 0.1) is 5.82 Å². The number of phenols is 1. The van der Waals surface area contributed by atoms with Crippen molar-refractivity contribution in [2.24, 2.45) is 0 Å². The summed E-state index contributed by atoms with van der Waals surface area (Å²) in [7, 11) is 0. The molecular weight excluding hydrogens is 257 g/mol. The Labute approximate surface area is 118 Å². The van der Waals surface area contributed by atoms with Crippen LogP contribution in [0.1, 0.15) is 18.9 Å². The fraction of sp³-hybridized carbons (Fsp3) is 0.250. The van der Waals surface area contributed by atoms with Crippen LogP contribution in [0.4, 0.5) is 10.1 Å². The van der Waals surface area contributed by atoms with E-state index in [0.29, 0.717) is 13.2 Å². The number of anilines is 1. The molecule has 0 saturated carbocycles. The Morgan fingerprint density at radius 3 is 2.80 bits per heavy atom. The van der Waals surface area contributed by atoms with Gasteiger partial charge in [0.2, 0.25) is 0 Å². The minimum Gasteiger partial charge on any atom is -0.505 e. The summed E-state index contributed by atoms with van der Waals surface area (Å²) in [5.74, 6) is -0.123. The van der Waals surface area contributed by atoms with E-state index < -0.39 is 5.82 Å². The maximum Gasteiger partial charge on any atom is 0.165 e. The lowest BCUT2D eigenvalue weighted by atomic mass is 10.2. The molecule has 0 fully saturated rings. The monoisotopic (exact) mass is 275 g/mol. The number of benzene rings is 2. The maximum absolute atomic E-state index is 13.2. The predicted octanol–water partition coefficient (Wildman–Crippen LogP) is 3.93. The van der Waals surface area contributed by atoms with Gasteiger partial charge in [-0.15, -0.1) is 0 Å². The number of rotatable bonds is 6. The first-order chi connectivity index (χ1) is 9.69. The van der Waals surface area contributed by atoms with Gasteiger partial charge < -0.3 is 15.2 Å². The Kier molecular flexibility index (Phi) is 4.82. The molecule has 2 N–H and O–H groups in total. The van der Waals surface area contributed by atoms with E-state index in [1.807, 2.05) is 24.3 Å². The van der Waals surface area contributed by atoms with Crippen LogP contribution < -0.4 is 10.1 Å². The minimum atomic E-state index is -0.607. The summed E-state index contributed by atoms with van der Waals surface area (Å²) in [5, 5.41) is 12.3. The number of hydrogen-bond donors (Lipinski definition) is 2. The van der Waals surface area contributed by atoms with Crippen molar-refractivity contribution in [3.8, 4) is 11.5 Å². The van der Waals surface area contributed by atoms with Crippen LogP contribution in [-0.2, 0) is 6.54 Å². The molecule has 2 rings (SSSR count). The molecule has 3 nitrogen and oxygen atoms in total. The molecule has 0 spiro atoms. The Balaban J connectivity index is 1.97. The molecule has 4 heteroatoms. The van der Waals surface area contributed by atoms with E-state index in [0.717, 1.165) is 23.4 Å². The number of ether oxygens (including phenoxy) is 1. The van der Waals surface area contributed by atoms with E-state index >= 15 is 0 Å². The number of hydrogen-bond acceptors (Lipinski definition) is 3. The zero-order valence-corrected chi connectivity index (χ0v) is 11.4. The lowest BCUT2D eigenvalue weighted by molar-refractivity contribution is 0.317. The van der Waals surface area contributed by atoms with Crippen LogP contribution in [0.25, 0.3) is 0 Å². The maximum atomic E-state index is 13.2. The first kappa shape index (κ1) is 14.2. The van der Waals surface area contributed by atoms with E-state index in [4.69, 9.17) is 9.84 Å². The highest BCUT2D eigenvalue weighted by atomic mass is 19.1. The second-order valence-electron chi connectivity index (χ2n) is 4.52. The van der Waals surface area contributed by atoms with Crippen LogP contribution in [0.5, 0.6) is 11.5 Å². The smallest absolute Gasteiger partial charge is 0.165 e. The zero-order chi connectivity index (χ0) is 14.4. The van der Waals surface area contributed by atoms with Crippen LogP contribution in [0.3, 0.4) is 0 Å². The van der Waals surface area contributed by atoms with Gasteiger partial charge in [-0.3, -0.25) is 0 Å². The molecule has 0 heterocycles. The van der Waals surface area contributed by atoms with Gasteiger partial charge in [-0.1, -0.05) is 19.1 Å². The second-order valence-corrected chi connectivity index (χ2v) is 4.52. The molecule has 106 valence electrons. The summed E-state index contributed by atoms with van der Waals surface area (Å²) in [4.78, 5) is 0. The standard InChI is InChI=1S/C16H18FNO2/c1-2-8-20-14-5-3-4-13(10-14)18-11-12-6-7-16(19)15(17)9-12/h3-7,9-10,18-19H,2,8,11H2,1H3. The van der Waals surface area contributed by atoms with Crippen molar-refractivity contribution in [1.82, 2.24) is 0 Å². The van der Waals surface area contributed by atoms with Gasteiger partial charge in [-0.05, 0) is 36.2 Å². The Morgan fingerprint density at radius 1 is 1.20 bits per heavy atom. The third-order valence-corrected chi connectivity index (χ3v) is 2.82. The molecule has 0 aliphatic carbocycles. The molecule has 0 aliphatic heterocycles. The molecule has 0 radical (unpaired) electrons. The molecule has 0 amide bonds. The summed E-state index contributed by atoms with van der Waals surface area (Å²) in [6, 6.07) is 12.0. The predicted molar refractivity (Wildman–Crippen MR) is 77.6 cm³/mol. The number of nitrogens with one attached hydrogen (secondary N) is 1. The summed E-state index contributed by atoms with van der Waals surface area (Å²) in [5.41, 5.74) is 1.67. The summed E-state index contributed by atoms with van der Waals surface area (Å²) in [6.45, 7) is 3.22. The van der Waals surface area contributed by atoms with E-state index in [1.54, 1.807) is 6.07 Å². The SMILES string of the molecule is CCCOc1cccc(NCc2ccc(O)c(F)c2)c1. The van der Waals surface area contributed by atoms with Gasteiger partial charge >= 0.3 is 0 Å². The topological polar surface area (TPSA) is 41.5 Å². The molecular formula is C16H18FNO2. The van der Waals surface area contributed by atoms with Gasteiger partial charge in [0, 0.05) is 18.3 Å². The molecule has 2 aromatic rings. The van der Waals surface area contributed by atoms with Crippen molar-refractivity contribution in [3.63, 3.8) is 0 Å². The van der Waals surface area contributed by atoms with Gasteiger partial charge in [0.15, 0.2) is 11.6 Å². The summed E-state index contributed by atoms with van der Waals surface area (Å²) < 4.78 is 18.8. The van der Waals surface area contributed by atoms with Crippen molar-refractivity contribution in [1.29, 1.82) is 0 Å². The highest BCUT2D eigenvalue weighted by Crippen LogP contribution is 2.20. The Bertz CT molecular complexity index is 572. The van der Waals surface area contributed by atoms with Gasteiger partial charge in [0.1, 0.15) is 5.75 Å². The highest BCUT2D eigenvalue weighted by molar-refractivity contribution is 5.48. The van der Waals surface area contributed by atoms with Crippen LogP contribution >= 0.6 is 0 Å². The molecule has 0 atom stereocenters. The van der Waals surface area contributed by atoms with Gasteiger partial charge in [-0.2, -0.15) is 0 Å². The Hall–Kier alpha value is -2.23. The Morgan fingerprint density at radius 2 is 2.05 bits per heavy atom. The van der Waals surface area contributed by atoms with Gasteiger partial charge in [-0.25, -0.2) is 4.39 Å². The quantitative estimate of drug-likeness (QED) is 0.839. The van der Waals surface area contributed by atoms with Crippen molar-refractivity contribution in [2.45, 2.75) is 19.9 Å². The van der Waals surface area contributed by atoms with Crippen molar-refractivity contribution >= 4 is 5.69 Å². The number of aromatic hydroxyl groups is 1. The average molecular weight is 275 g/mol. The average Bonchev–Trinajstić information content (AvgIpc) is 2.47. The third-order valence-electron chi connectivity index (χ3n) is 2.82. The van der Waals surface area contributed by atoms with Gasteiger partial charge in [0.05, 0.1) is 6.61 Å². The lowest BCUT2D eigenvalue weighted by Gasteiger charge is -2.10. The molecule has 0 saturated heterocycles. The van der Waals surface area contributed by atoms with E-state index in [9.17, 15) is 4.39 Å². The van der Waals surface area contributed by atoms with Crippen LogP contribution in [-0.4, -0.2) is 11.7 Å². The fourth-order valence-electron chi connectivity index (χ4n) is 1.78. The highest BCUT2D eigenvalue weighted by Gasteiger charge is 2.02. The van der Waals surface area contributed by atoms with E-state index in [-0.39, 0.29) is 5.75 Å². The molecule has 0 aromatic heterocycles. The van der Waals surface area contributed by atoms with E-state index in [2.05, 4.69) is 12.2 Å².